The van der Waals surface area contributed by atoms with Crippen molar-refractivity contribution >= 4 is 18.0 Å². The van der Waals surface area contributed by atoms with Crippen molar-refractivity contribution in [1.82, 2.24) is 0 Å². The van der Waals surface area contributed by atoms with Crippen molar-refractivity contribution < 1.29 is 33.3 Å². The molecule has 0 amide bonds. The van der Waals surface area contributed by atoms with Gasteiger partial charge in [-0.1, -0.05) is 17.9 Å². The molecule has 0 radical (unpaired) electrons. The number of hydrogen-bond acceptors (Lipinski definition) is 7. The van der Waals surface area contributed by atoms with Crippen LogP contribution < -0.4 is 4.74 Å². The number of hydrogen-bond donors (Lipinski definition) is 0. The van der Waals surface area contributed by atoms with Crippen molar-refractivity contribution in [1.29, 1.82) is 0 Å². The van der Waals surface area contributed by atoms with E-state index in [0.29, 0.717) is 31.8 Å². The van der Waals surface area contributed by atoms with E-state index in [0.717, 1.165) is 56.3 Å². The number of carbonyl (C=O) groups is 2. The Balaban J connectivity index is 1.94. The molecule has 0 saturated carbocycles. The molecule has 1 atom stereocenters. The molecule has 0 bridgehead atoms. The molecule has 0 aliphatic carbocycles. The second-order valence-corrected chi connectivity index (χ2v) is 9.33. The number of rotatable bonds is 13. The first-order valence-electron chi connectivity index (χ1n) is 12.7. The second-order valence-electron chi connectivity index (χ2n) is 9.33. The van der Waals surface area contributed by atoms with Gasteiger partial charge in [0.2, 0.25) is 0 Å². The van der Waals surface area contributed by atoms with Gasteiger partial charge in [0, 0.05) is 36.8 Å². The lowest BCUT2D eigenvalue weighted by Gasteiger charge is -2.22. The van der Waals surface area contributed by atoms with Crippen LogP contribution in [0.2, 0.25) is 0 Å². The Bertz CT molecular complexity index is 917. The highest BCUT2D eigenvalue weighted by atomic mass is 16.7. The molecule has 1 heterocycles. The SMILES string of the molecule is COC(=O)/C=C/c1c(C#CCCCCOC2CCCCO2)cccc1OCCCC(C)(C)C(=O)OC. The minimum atomic E-state index is -0.576. The molecule has 0 N–H and O–H groups in total. The zero-order chi connectivity index (χ0) is 26.2. The summed E-state index contributed by atoms with van der Waals surface area (Å²) >= 11 is 0. The van der Waals surface area contributed by atoms with Gasteiger partial charge >= 0.3 is 11.9 Å². The zero-order valence-corrected chi connectivity index (χ0v) is 22.1. The van der Waals surface area contributed by atoms with Crippen molar-refractivity contribution in [2.45, 2.75) is 71.5 Å². The van der Waals surface area contributed by atoms with Crippen LogP contribution in [0.5, 0.6) is 5.75 Å². The lowest BCUT2D eigenvalue weighted by molar-refractivity contribution is -0.162. The molecule has 1 aliphatic rings. The summed E-state index contributed by atoms with van der Waals surface area (Å²) in [5.74, 6) is 6.36. The van der Waals surface area contributed by atoms with Crippen molar-refractivity contribution in [3.05, 3.63) is 35.4 Å². The molecular weight excluding hydrogens is 460 g/mol. The quantitative estimate of drug-likeness (QED) is 0.157. The van der Waals surface area contributed by atoms with E-state index in [9.17, 15) is 9.59 Å². The predicted molar refractivity (Wildman–Crippen MR) is 138 cm³/mol. The van der Waals surface area contributed by atoms with E-state index >= 15 is 0 Å². The van der Waals surface area contributed by atoms with E-state index in [4.69, 9.17) is 23.7 Å². The maximum absolute atomic E-state index is 11.9. The third-order valence-electron chi connectivity index (χ3n) is 5.96. The minimum absolute atomic E-state index is 0.0525. The summed E-state index contributed by atoms with van der Waals surface area (Å²) in [4.78, 5) is 23.6. The number of methoxy groups -OCH3 is 2. The van der Waals surface area contributed by atoms with Crippen LogP contribution in [0, 0.1) is 17.3 Å². The van der Waals surface area contributed by atoms with Gasteiger partial charge in [0.25, 0.3) is 0 Å². The van der Waals surface area contributed by atoms with Crippen molar-refractivity contribution in [2.24, 2.45) is 5.41 Å². The van der Waals surface area contributed by atoms with Gasteiger partial charge in [-0.05, 0) is 77.0 Å². The standard InChI is InChI=1S/C29H40O7/c1-29(2,28(31)33-4)19-12-22-34-25-15-11-14-23(24(25)17-18-26(30)32-3)13-7-5-6-9-20-35-27-16-8-10-21-36-27/h11,14-15,17-18,27H,5-6,8-10,12,16,19-22H2,1-4H3/b18-17+. The molecule has 198 valence electrons. The Morgan fingerprint density at radius 1 is 1.11 bits per heavy atom. The van der Waals surface area contributed by atoms with Crippen molar-refractivity contribution in [2.75, 3.05) is 34.0 Å². The fraction of sp³-hybridized carbons (Fsp3) is 0.586. The summed E-state index contributed by atoms with van der Waals surface area (Å²) in [5, 5.41) is 0. The molecule has 0 aromatic heterocycles. The second kappa shape index (κ2) is 16.0. The van der Waals surface area contributed by atoms with E-state index in [1.165, 1.54) is 20.3 Å². The fourth-order valence-electron chi connectivity index (χ4n) is 3.78. The van der Waals surface area contributed by atoms with Crippen LogP contribution in [0.4, 0.5) is 0 Å². The highest BCUT2D eigenvalue weighted by Gasteiger charge is 2.28. The van der Waals surface area contributed by atoms with Gasteiger partial charge in [-0.25, -0.2) is 4.79 Å². The minimum Gasteiger partial charge on any atom is -0.493 e. The first kappa shape index (κ1) is 29.4. The number of esters is 2. The number of carbonyl (C=O) groups excluding carboxylic acids is 2. The molecule has 7 heteroatoms. The molecular formula is C29H40O7. The Hall–Kier alpha value is -2.82. The monoisotopic (exact) mass is 500 g/mol. The Labute approximate surface area is 215 Å². The molecule has 0 spiro atoms. The van der Waals surface area contributed by atoms with Gasteiger partial charge in [0.1, 0.15) is 5.75 Å². The third kappa shape index (κ3) is 10.4. The predicted octanol–water partition coefficient (Wildman–Crippen LogP) is 5.30. The normalized spacial score (nSPS) is 15.7. The first-order valence-corrected chi connectivity index (χ1v) is 12.7. The highest BCUT2D eigenvalue weighted by molar-refractivity contribution is 5.88. The van der Waals surface area contributed by atoms with E-state index in [2.05, 4.69) is 11.8 Å². The van der Waals surface area contributed by atoms with Crippen LogP contribution in [0.3, 0.4) is 0 Å². The number of unbranched alkanes of at least 4 members (excludes halogenated alkanes) is 2. The maximum atomic E-state index is 11.9. The number of ether oxygens (including phenoxy) is 5. The highest BCUT2D eigenvalue weighted by Crippen LogP contribution is 2.27. The van der Waals surface area contributed by atoms with Crippen molar-refractivity contribution in [3.63, 3.8) is 0 Å². The van der Waals surface area contributed by atoms with Gasteiger partial charge < -0.3 is 23.7 Å². The third-order valence-corrected chi connectivity index (χ3v) is 5.96. The molecule has 7 nitrogen and oxygen atoms in total. The average molecular weight is 501 g/mol. The summed E-state index contributed by atoms with van der Waals surface area (Å²) in [7, 11) is 2.73. The largest absolute Gasteiger partial charge is 0.493 e. The molecule has 1 aromatic rings. The molecule has 1 saturated heterocycles. The number of benzene rings is 1. The Morgan fingerprint density at radius 2 is 1.94 bits per heavy atom. The molecule has 1 aliphatic heterocycles. The summed E-state index contributed by atoms with van der Waals surface area (Å²) < 4.78 is 27.0. The van der Waals surface area contributed by atoms with E-state index in [-0.39, 0.29) is 12.3 Å². The van der Waals surface area contributed by atoms with Crippen LogP contribution in [0.25, 0.3) is 6.08 Å². The lowest BCUT2D eigenvalue weighted by Crippen LogP contribution is -2.26. The molecule has 36 heavy (non-hydrogen) atoms. The fourth-order valence-corrected chi connectivity index (χ4v) is 3.78. The molecule has 2 rings (SSSR count). The van der Waals surface area contributed by atoms with Gasteiger partial charge in [-0.15, -0.1) is 0 Å². The lowest BCUT2D eigenvalue weighted by atomic mass is 9.88. The van der Waals surface area contributed by atoms with E-state index in [1.807, 2.05) is 32.0 Å². The average Bonchev–Trinajstić information content (AvgIpc) is 2.89. The van der Waals surface area contributed by atoms with Gasteiger partial charge in [-0.2, -0.15) is 0 Å². The van der Waals surface area contributed by atoms with E-state index in [1.54, 1.807) is 6.08 Å². The van der Waals surface area contributed by atoms with Crippen LogP contribution in [-0.2, 0) is 28.5 Å². The van der Waals surface area contributed by atoms with Gasteiger partial charge in [-0.3, -0.25) is 4.79 Å². The maximum Gasteiger partial charge on any atom is 0.330 e. The smallest absolute Gasteiger partial charge is 0.330 e. The zero-order valence-electron chi connectivity index (χ0n) is 22.1. The molecule has 1 unspecified atom stereocenters. The molecule has 1 fully saturated rings. The van der Waals surface area contributed by atoms with E-state index < -0.39 is 11.4 Å². The van der Waals surface area contributed by atoms with Gasteiger partial charge in [0.15, 0.2) is 6.29 Å². The van der Waals surface area contributed by atoms with Crippen LogP contribution in [-0.4, -0.2) is 52.3 Å². The van der Waals surface area contributed by atoms with Crippen LogP contribution in [0.1, 0.15) is 76.3 Å². The topological polar surface area (TPSA) is 80.3 Å². The van der Waals surface area contributed by atoms with Gasteiger partial charge in [0.05, 0.1) is 26.2 Å². The van der Waals surface area contributed by atoms with Crippen molar-refractivity contribution in [3.8, 4) is 17.6 Å². The summed E-state index contributed by atoms with van der Waals surface area (Å²) in [6, 6.07) is 5.63. The summed E-state index contributed by atoms with van der Waals surface area (Å²) in [6.45, 7) is 5.60. The molecule has 1 aromatic carbocycles. The Kier molecular flexibility index (Phi) is 13.1. The van der Waals surface area contributed by atoms with Crippen LogP contribution in [0.15, 0.2) is 24.3 Å². The Morgan fingerprint density at radius 3 is 2.67 bits per heavy atom. The summed E-state index contributed by atoms with van der Waals surface area (Å²) in [5.41, 5.74) is 0.919. The first-order chi connectivity index (χ1) is 17.4. The summed E-state index contributed by atoms with van der Waals surface area (Å²) in [6.07, 6.45) is 10.1. The van der Waals surface area contributed by atoms with Crippen LogP contribution >= 0.6 is 0 Å².